The van der Waals surface area contributed by atoms with Crippen LogP contribution in [-0.2, 0) is 0 Å². The predicted molar refractivity (Wildman–Crippen MR) is 80.4 cm³/mol. The highest BCUT2D eigenvalue weighted by molar-refractivity contribution is 6.35. The highest BCUT2D eigenvalue weighted by atomic mass is 35.5. The fourth-order valence-corrected chi connectivity index (χ4v) is 3.45. The second-order valence-electron chi connectivity index (χ2n) is 5.87. The molecule has 1 fully saturated rings. The van der Waals surface area contributed by atoms with Crippen LogP contribution in [0.2, 0.25) is 5.02 Å². The summed E-state index contributed by atoms with van der Waals surface area (Å²) in [7, 11) is 0. The third-order valence-corrected chi connectivity index (χ3v) is 4.94. The molecule has 1 aromatic heterocycles. The molecule has 3 rings (SSSR count). The number of fused-ring (bicyclic) bond motifs is 1. The first-order valence-electron chi connectivity index (χ1n) is 7.00. The van der Waals surface area contributed by atoms with E-state index in [4.69, 9.17) is 17.3 Å². The number of aromatic nitrogens is 2. The molecule has 3 atom stereocenters. The van der Waals surface area contributed by atoms with E-state index >= 15 is 0 Å². The van der Waals surface area contributed by atoms with E-state index in [-0.39, 0.29) is 0 Å². The van der Waals surface area contributed by atoms with E-state index in [1.807, 2.05) is 12.1 Å². The monoisotopic (exact) mass is 277 g/mol. The molecule has 2 aromatic rings. The Labute approximate surface area is 118 Å². The van der Waals surface area contributed by atoms with E-state index < -0.39 is 0 Å². The second-order valence-corrected chi connectivity index (χ2v) is 6.28. The number of halogens is 1. The molecular weight excluding hydrogens is 258 g/mol. The van der Waals surface area contributed by atoms with E-state index in [9.17, 15) is 0 Å². The lowest BCUT2D eigenvalue weighted by Gasteiger charge is -2.33. The SMILES string of the molecule is CC1CCC(n2c(N)nc3c(Cl)cccc32)CC1C. The smallest absolute Gasteiger partial charge is 0.201 e. The average molecular weight is 278 g/mol. The lowest BCUT2D eigenvalue weighted by Crippen LogP contribution is -2.24. The van der Waals surface area contributed by atoms with Crippen LogP contribution in [0.4, 0.5) is 5.95 Å². The number of anilines is 1. The van der Waals surface area contributed by atoms with Crippen molar-refractivity contribution >= 4 is 28.6 Å². The Balaban J connectivity index is 2.05. The third kappa shape index (κ3) is 2.10. The summed E-state index contributed by atoms with van der Waals surface area (Å²) >= 11 is 6.20. The number of para-hydroxylation sites is 1. The zero-order valence-electron chi connectivity index (χ0n) is 11.4. The second kappa shape index (κ2) is 4.71. The highest BCUT2D eigenvalue weighted by Crippen LogP contribution is 2.39. The number of hydrogen-bond donors (Lipinski definition) is 1. The van der Waals surface area contributed by atoms with E-state index in [2.05, 4.69) is 29.5 Å². The number of benzene rings is 1. The van der Waals surface area contributed by atoms with Gasteiger partial charge in [-0.05, 0) is 43.2 Å². The van der Waals surface area contributed by atoms with Crippen LogP contribution in [0, 0.1) is 11.8 Å². The molecule has 1 aliphatic rings. The molecule has 0 aliphatic heterocycles. The molecule has 1 aliphatic carbocycles. The predicted octanol–water partition coefficient (Wildman–Crippen LogP) is 4.27. The topological polar surface area (TPSA) is 43.8 Å². The van der Waals surface area contributed by atoms with Crippen molar-refractivity contribution in [2.75, 3.05) is 5.73 Å². The van der Waals surface area contributed by atoms with E-state index in [0.29, 0.717) is 17.0 Å². The first-order valence-corrected chi connectivity index (χ1v) is 7.37. The van der Waals surface area contributed by atoms with Gasteiger partial charge in [-0.1, -0.05) is 31.5 Å². The van der Waals surface area contributed by atoms with Crippen LogP contribution < -0.4 is 5.73 Å². The summed E-state index contributed by atoms with van der Waals surface area (Å²) in [5.74, 6) is 2.13. The van der Waals surface area contributed by atoms with Crippen LogP contribution >= 0.6 is 11.6 Å². The molecule has 2 N–H and O–H groups in total. The molecule has 0 bridgehead atoms. The van der Waals surface area contributed by atoms with Crippen LogP contribution in [0.15, 0.2) is 18.2 Å². The van der Waals surface area contributed by atoms with Crippen molar-refractivity contribution in [3.63, 3.8) is 0 Å². The van der Waals surface area contributed by atoms with E-state index in [0.717, 1.165) is 22.9 Å². The molecule has 4 heteroatoms. The van der Waals surface area contributed by atoms with Crippen molar-refractivity contribution in [3.05, 3.63) is 23.2 Å². The van der Waals surface area contributed by atoms with Crippen molar-refractivity contribution in [2.45, 2.75) is 39.2 Å². The summed E-state index contributed by atoms with van der Waals surface area (Å²) in [6.45, 7) is 4.67. The van der Waals surface area contributed by atoms with Gasteiger partial charge in [0, 0.05) is 6.04 Å². The third-order valence-electron chi connectivity index (χ3n) is 4.63. The van der Waals surface area contributed by atoms with Gasteiger partial charge in [-0.3, -0.25) is 0 Å². The van der Waals surface area contributed by atoms with Crippen LogP contribution in [0.25, 0.3) is 11.0 Å². The van der Waals surface area contributed by atoms with Crippen LogP contribution in [0.1, 0.15) is 39.2 Å². The molecule has 1 aromatic carbocycles. The molecule has 0 saturated heterocycles. The maximum atomic E-state index is 6.20. The van der Waals surface area contributed by atoms with Gasteiger partial charge in [0.1, 0.15) is 5.52 Å². The molecule has 0 spiro atoms. The average Bonchev–Trinajstić information content (AvgIpc) is 2.71. The number of nitrogens with zero attached hydrogens (tertiary/aromatic N) is 2. The molecule has 1 heterocycles. The number of rotatable bonds is 1. The van der Waals surface area contributed by atoms with Crippen molar-refractivity contribution in [1.29, 1.82) is 0 Å². The maximum Gasteiger partial charge on any atom is 0.201 e. The fraction of sp³-hybridized carbons (Fsp3) is 0.533. The molecular formula is C15H20ClN3. The molecule has 3 nitrogen and oxygen atoms in total. The Kier molecular flexibility index (Phi) is 3.17. The van der Waals surface area contributed by atoms with Gasteiger partial charge in [-0.2, -0.15) is 0 Å². The van der Waals surface area contributed by atoms with Gasteiger partial charge in [0.25, 0.3) is 0 Å². The summed E-state index contributed by atoms with van der Waals surface area (Å²) in [5.41, 5.74) is 8.02. The minimum atomic E-state index is 0.453. The molecule has 1 saturated carbocycles. The lowest BCUT2D eigenvalue weighted by molar-refractivity contribution is 0.215. The first-order chi connectivity index (χ1) is 9.08. The summed E-state index contributed by atoms with van der Waals surface area (Å²) in [6, 6.07) is 6.35. The van der Waals surface area contributed by atoms with Gasteiger partial charge >= 0.3 is 0 Å². The fourth-order valence-electron chi connectivity index (χ4n) is 3.24. The summed E-state index contributed by atoms with van der Waals surface area (Å²) in [6.07, 6.45) is 3.60. The first kappa shape index (κ1) is 12.8. The van der Waals surface area contributed by atoms with E-state index in [1.54, 1.807) is 0 Å². The Morgan fingerprint density at radius 2 is 2.05 bits per heavy atom. The maximum absolute atomic E-state index is 6.20. The minimum Gasteiger partial charge on any atom is -0.369 e. The summed E-state index contributed by atoms with van der Waals surface area (Å²) < 4.78 is 2.18. The normalized spacial score (nSPS) is 27.8. The van der Waals surface area contributed by atoms with Crippen LogP contribution in [-0.4, -0.2) is 9.55 Å². The largest absolute Gasteiger partial charge is 0.369 e. The summed E-state index contributed by atoms with van der Waals surface area (Å²) in [4.78, 5) is 4.44. The van der Waals surface area contributed by atoms with Gasteiger partial charge in [-0.15, -0.1) is 0 Å². The van der Waals surface area contributed by atoms with Gasteiger partial charge < -0.3 is 10.3 Å². The Morgan fingerprint density at radius 1 is 1.26 bits per heavy atom. The van der Waals surface area contributed by atoms with Gasteiger partial charge in [-0.25, -0.2) is 4.98 Å². The molecule has 0 amide bonds. The zero-order chi connectivity index (χ0) is 13.6. The number of nitrogens with two attached hydrogens (primary N) is 1. The molecule has 3 unspecified atom stereocenters. The van der Waals surface area contributed by atoms with Crippen molar-refractivity contribution in [3.8, 4) is 0 Å². The lowest BCUT2D eigenvalue weighted by atomic mass is 9.79. The standard InChI is InChI=1S/C15H20ClN3/c1-9-6-7-11(8-10(9)2)19-13-5-3-4-12(16)14(13)18-15(19)17/h3-5,9-11H,6-8H2,1-2H3,(H2,17,18). The van der Waals surface area contributed by atoms with Crippen molar-refractivity contribution in [1.82, 2.24) is 9.55 Å². The zero-order valence-corrected chi connectivity index (χ0v) is 12.2. The van der Waals surface area contributed by atoms with E-state index in [1.165, 1.54) is 19.3 Å². The number of hydrogen-bond acceptors (Lipinski definition) is 2. The number of nitrogen functional groups attached to an aromatic ring is 1. The quantitative estimate of drug-likeness (QED) is 0.846. The summed E-state index contributed by atoms with van der Waals surface area (Å²) in [5, 5.41) is 0.681. The number of imidazole rings is 1. The van der Waals surface area contributed by atoms with Gasteiger partial charge in [0.2, 0.25) is 5.95 Å². The highest BCUT2D eigenvalue weighted by Gasteiger charge is 2.28. The van der Waals surface area contributed by atoms with Crippen molar-refractivity contribution < 1.29 is 0 Å². The Bertz CT molecular complexity index is 605. The molecule has 0 radical (unpaired) electrons. The van der Waals surface area contributed by atoms with Gasteiger partial charge in [0.05, 0.1) is 10.5 Å². The Hall–Kier alpha value is -1.22. The van der Waals surface area contributed by atoms with Crippen molar-refractivity contribution in [2.24, 2.45) is 11.8 Å². The van der Waals surface area contributed by atoms with Crippen LogP contribution in [0.3, 0.4) is 0 Å². The van der Waals surface area contributed by atoms with Crippen LogP contribution in [0.5, 0.6) is 0 Å². The minimum absolute atomic E-state index is 0.453. The van der Waals surface area contributed by atoms with Gasteiger partial charge in [0.15, 0.2) is 0 Å². The Morgan fingerprint density at radius 3 is 2.79 bits per heavy atom. The molecule has 19 heavy (non-hydrogen) atoms. The molecule has 102 valence electrons.